The van der Waals surface area contributed by atoms with E-state index in [1.165, 1.54) is 10.4 Å². The fourth-order valence-electron chi connectivity index (χ4n) is 3.86. The monoisotopic (exact) mass is 455 g/mol. The molecule has 0 aliphatic carbocycles. The second-order valence-corrected chi connectivity index (χ2v) is 10.0. The highest BCUT2D eigenvalue weighted by Gasteiger charge is 2.37. The molecule has 0 bridgehead atoms. The summed E-state index contributed by atoms with van der Waals surface area (Å²) in [5.74, 6) is -1.11. The molecule has 0 saturated carbocycles. The molecule has 0 radical (unpaired) electrons. The van der Waals surface area contributed by atoms with Crippen LogP contribution in [0.5, 0.6) is 0 Å². The number of anilines is 1. The highest BCUT2D eigenvalue weighted by molar-refractivity contribution is 7.89. The standard InChI is InChI=1S/C24H29N3O4S/c1-17(2)23(24(28)26-29)27(14-6-9-18-7-4-3-5-8-18)32(30,31)22-13-11-19-10-12-21(25)15-20(19)16-22/h3-5,7-8,10-13,15-17,23,29H,6,9,14,25H2,1-2H3,(H,26,28). The summed E-state index contributed by atoms with van der Waals surface area (Å²) in [6, 6.07) is 18.8. The van der Waals surface area contributed by atoms with Gasteiger partial charge in [0.1, 0.15) is 6.04 Å². The van der Waals surface area contributed by atoms with Gasteiger partial charge in [-0.25, -0.2) is 13.9 Å². The summed E-state index contributed by atoms with van der Waals surface area (Å²) in [6.45, 7) is 3.63. The number of hydroxylamine groups is 1. The summed E-state index contributed by atoms with van der Waals surface area (Å²) in [4.78, 5) is 12.6. The van der Waals surface area contributed by atoms with Crippen LogP contribution in [-0.2, 0) is 21.2 Å². The van der Waals surface area contributed by atoms with Gasteiger partial charge in [0.05, 0.1) is 4.90 Å². The third-order valence-electron chi connectivity index (χ3n) is 5.45. The molecule has 8 heteroatoms. The summed E-state index contributed by atoms with van der Waals surface area (Å²) in [5.41, 5.74) is 9.12. The molecule has 4 N–H and O–H groups in total. The number of aryl methyl sites for hydroxylation is 1. The largest absolute Gasteiger partial charge is 0.399 e. The van der Waals surface area contributed by atoms with Crippen LogP contribution in [-0.4, -0.2) is 36.4 Å². The van der Waals surface area contributed by atoms with Crippen molar-refractivity contribution in [2.75, 3.05) is 12.3 Å². The number of rotatable bonds is 9. The molecule has 7 nitrogen and oxygen atoms in total. The summed E-state index contributed by atoms with van der Waals surface area (Å²) >= 11 is 0. The van der Waals surface area contributed by atoms with Crippen LogP contribution in [0.2, 0.25) is 0 Å². The molecule has 170 valence electrons. The maximum atomic E-state index is 13.7. The molecular formula is C24H29N3O4S. The van der Waals surface area contributed by atoms with Crippen LogP contribution in [0.4, 0.5) is 5.69 Å². The van der Waals surface area contributed by atoms with Crippen molar-refractivity contribution in [2.24, 2.45) is 5.92 Å². The fraction of sp³-hybridized carbons (Fsp3) is 0.292. The number of hydrogen-bond donors (Lipinski definition) is 3. The van der Waals surface area contributed by atoms with Crippen LogP contribution in [0.15, 0.2) is 71.6 Å². The van der Waals surface area contributed by atoms with Gasteiger partial charge in [-0.15, -0.1) is 0 Å². The molecule has 1 amide bonds. The van der Waals surface area contributed by atoms with Gasteiger partial charge in [-0.05, 0) is 59.4 Å². The SMILES string of the molecule is CC(C)C(C(=O)NO)N(CCCc1ccccc1)S(=O)(=O)c1ccc2ccc(N)cc2c1. The van der Waals surface area contributed by atoms with E-state index in [4.69, 9.17) is 5.73 Å². The third kappa shape index (κ3) is 5.27. The highest BCUT2D eigenvalue weighted by atomic mass is 32.2. The number of carbonyl (C=O) groups is 1. The average Bonchev–Trinajstić information content (AvgIpc) is 2.78. The Bertz CT molecular complexity index is 1180. The maximum absolute atomic E-state index is 13.7. The van der Waals surface area contributed by atoms with Crippen LogP contribution in [0.1, 0.15) is 25.8 Å². The van der Waals surface area contributed by atoms with E-state index in [0.29, 0.717) is 23.9 Å². The molecule has 0 aliphatic heterocycles. The summed E-state index contributed by atoms with van der Waals surface area (Å²) in [6.07, 6.45) is 1.18. The molecule has 0 heterocycles. The number of sulfonamides is 1. The van der Waals surface area contributed by atoms with E-state index in [1.807, 2.05) is 36.4 Å². The first kappa shape index (κ1) is 23.7. The van der Waals surface area contributed by atoms with Gasteiger partial charge in [-0.3, -0.25) is 10.0 Å². The fourth-order valence-corrected chi connectivity index (χ4v) is 5.66. The molecule has 3 rings (SSSR count). The van der Waals surface area contributed by atoms with E-state index < -0.39 is 22.0 Å². The zero-order valence-electron chi connectivity index (χ0n) is 18.2. The molecule has 0 saturated heterocycles. The minimum absolute atomic E-state index is 0.0756. The summed E-state index contributed by atoms with van der Waals surface area (Å²) < 4.78 is 28.6. The number of nitrogens with zero attached hydrogens (tertiary/aromatic N) is 1. The molecule has 1 atom stereocenters. The molecule has 32 heavy (non-hydrogen) atoms. The molecule has 0 spiro atoms. The van der Waals surface area contributed by atoms with Gasteiger partial charge in [0.2, 0.25) is 10.0 Å². The van der Waals surface area contributed by atoms with Crippen molar-refractivity contribution in [3.05, 3.63) is 72.3 Å². The second-order valence-electron chi connectivity index (χ2n) is 8.14. The van der Waals surface area contributed by atoms with Crippen LogP contribution in [0.3, 0.4) is 0 Å². The van der Waals surface area contributed by atoms with E-state index in [9.17, 15) is 18.4 Å². The number of nitrogen functional groups attached to an aromatic ring is 1. The Kier molecular flexibility index (Phi) is 7.50. The zero-order valence-corrected chi connectivity index (χ0v) is 19.0. The summed E-state index contributed by atoms with van der Waals surface area (Å²) in [7, 11) is -4.04. The second kappa shape index (κ2) is 10.1. The van der Waals surface area contributed by atoms with E-state index in [-0.39, 0.29) is 17.4 Å². The number of carbonyl (C=O) groups excluding carboxylic acids is 1. The van der Waals surface area contributed by atoms with Crippen LogP contribution in [0.25, 0.3) is 10.8 Å². The predicted octanol–water partition coefficient (Wildman–Crippen LogP) is 3.58. The van der Waals surface area contributed by atoms with Crippen LogP contribution >= 0.6 is 0 Å². The predicted molar refractivity (Wildman–Crippen MR) is 126 cm³/mol. The lowest BCUT2D eigenvalue weighted by atomic mass is 10.0. The van der Waals surface area contributed by atoms with Crippen LogP contribution in [0, 0.1) is 5.92 Å². The molecular weight excluding hydrogens is 426 g/mol. The number of hydrogen-bond acceptors (Lipinski definition) is 5. The van der Waals surface area contributed by atoms with Crippen LogP contribution < -0.4 is 11.2 Å². The van der Waals surface area contributed by atoms with E-state index >= 15 is 0 Å². The smallest absolute Gasteiger partial charge is 0.262 e. The lowest BCUT2D eigenvalue weighted by Gasteiger charge is -2.32. The summed E-state index contributed by atoms with van der Waals surface area (Å²) in [5, 5.41) is 10.8. The third-order valence-corrected chi connectivity index (χ3v) is 7.33. The Morgan fingerprint density at radius 3 is 2.38 bits per heavy atom. The van der Waals surface area contributed by atoms with Gasteiger partial charge in [-0.2, -0.15) is 4.31 Å². The molecule has 0 aliphatic rings. The van der Waals surface area contributed by atoms with Crippen molar-refractivity contribution in [1.29, 1.82) is 0 Å². The maximum Gasteiger partial charge on any atom is 0.262 e. The van der Waals surface area contributed by atoms with Gasteiger partial charge in [0.15, 0.2) is 0 Å². The Balaban J connectivity index is 1.98. The Hall–Kier alpha value is -2.94. The van der Waals surface area contributed by atoms with Crippen molar-refractivity contribution < 1.29 is 18.4 Å². The minimum atomic E-state index is -4.04. The normalized spacial score (nSPS) is 12.9. The van der Waals surface area contributed by atoms with Crippen molar-refractivity contribution in [2.45, 2.75) is 37.6 Å². The Morgan fingerprint density at radius 1 is 1.03 bits per heavy atom. The quantitative estimate of drug-likeness (QED) is 0.259. The number of nitrogens with one attached hydrogen (secondary N) is 1. The van der Waals surface area contributed by atoms with Crippen molar-refractivity contribution in [1.82, 2.24) is 9.79 Å². The molecule has 0 aromatic heterocycles. The number of amides is 1. The van der Waals surface area contributed by atoms with Gasteiger partial charge >= 0.3 is 0 Å². The first-order valence-corrected chi connectivity index (χ1v) is 12.0. The topological polar surface area (TPSA) is 113 Å². The van der Waals surface area contributed by atoms with Crippen molar-refractivity contribution in [3.63, 3.8) is 0 Å². The lowest BCUT2D eigenvalue weighted by Crippen LogP contribution is -2.52. The Morgan fingerprint density at radius 2 is 1.72 bits per heavy atom. The molecule has 3 aromatic carbocycles. The number of nitrogens with two attached hydrogens (primary N) is 1. The Labute approximate surface area is 188 Å². The van der Waals surface area contributed by atoms with E-state index in [0.717, 1.165) is 10.9 Å². The first-order chi connectivity index (χ1) is 15.2. The highest BCUT2D eigenvalue weighted by Crippen LogP contribution is 2.27. The van der Waals surface area contributed by atoms with Gasteiger partial charge in [-0.1, -0.05) is 56.3 Å². The van der Waals surface area contributed by atoms with E-state index in [1.54, 1.807) is 43.6 Å². The molecule has 1 unspecified atom stereocenters. The number of fused-ring (bicyclic) bond motifs is 1. The van der Waals surface area contributed by atoms with Crippen molar-refractivity contribution >= 4 is 32.4 Å². The van der Waals surface area contributed by atoms with Crippen molar-refractivity contribution in [3.8, 4) is 0 Å². The minimum Gasteiger partial charge on any atom is -0.399 e. The lowest BCUT2D eigenvalue weighted by molar-refractivity contribution is -0.134. The molecule has 3 aromatic rings. The van der Waals surface area contributed by atoms with Gasteiger partial charge < -0.3 is 5.73 Å². The van der Waals surface area contributed by atoms with Gasteiger partial charge in [0.25, 0.3) is 5.91 Å². The van der Waals surface area contributed by atoms with E-state index in [2.05, 4.69) is 0 Å². The van der Waals surface area contributed by atoms with Gasteiger partial charge in [0, 0.05) is 12.2 Å². The molecule has 0 fully saturated rings. The first-order valence-electron chi connectivity index (χ1n) is 10.5. The average molecular weight is 456 g/mol. The zero-order chi connectivity index (χ0) is 23.3. The number of benzene rings is 3.